The molecule has 11 nitrogen and oxygen atoms in total. The molecule has 1 aromatic carbocycles. The highest BCUT2D eigenvalue weighted by Gasteiger charge is 2.27. The Hall–Kier alpha value is -3.44. The first-order valence-electron chi connectivity index (χ1n) is 12.2. The molecule has 1 aromatic heterocycles. The Morgan fingerprint density at radius 3 is 2.42 bits per heavy atom. The summed E-state index contributed by atoms with van der Waals surface area (Å²) in [5, 5.41) is 18.0. The number of aromatic amines is 1. The summed E-state index contributed by atoms with van der Waals surface area (Å²) >= 11 is 0. The second-order valence-corrected chi connectivity index (χ2v) is 9.32. The third kappa shape index (κ3) is 8.97. The Kier molecular flexibility index (Phi) is 11.4. The molecule has 0 aliphatic rings. The number of hydrogen-bond acceptors (Lipinski definition) is 6. The van der Waals surface area contributed by atoms with Crippen LogP contribution in [0.15, 0.2) is 30.5 Å². The second kappa shape index (κ2) is 14.2. The highest BCUT2D eigenvalue weighted by molar-refractivity contribution is 5.92. The van der Waals surface area contributed by atoms with Crippen LogP contribution in [0.1, 0.15) is 45.1 Å². The molecule has 0 fully saturated rings. The Labute approximate surface area is 210 Å². The quantitative estimate of drug-likeness (QED) is 0.171. The number of rotatable bonds is 15. The van der Waals surface area contributed by atoms with Crippen molar-refractivity contribution in [1.82, 2.24) is 20.9 Å². The van der Waals surface area contributed by atoms with Crippen LogP contribution in [0.25, 0.3) is 10.9 Å². The largest absolute Gasteiger partial charge is 0.480 e. The molecule has 3 unspecified atom stereocenters. The Balaban J connectivity index is 1.92. The molecular weight excluding hydrogens is 464 g/mol. The lowest BCUT2D eigenvalue weighted by atomic mass is 10.0. The van der Waals surface area contributed by atoms with Gasteiger partial charge in [0.2, 0.25) is 17.7 Å². The van der Waals surface area contributed by atoms with Crippen molar-refractivity contribution >= 4 is 34.6 Å². The van der Waals surface area contributed by atoms with Crippen LogP contribution in [0.2, 0.25) is 0 Å². The van der Waals surface area contributed by atoms with Crippen LogP contribution >= 0.6 is 0 Å². The van der Waals surface area contributed by atoms with Crippen molar-refractivity contribution < 1.29 is 24.3 Å². The first-order valence-corrected chi connectivity index (χ1v) is 12.2. The summed E-state index contributed by atoms with van der Waals surface area (Å²) in [5.74, 6) is -2.75. The number of hydrogen-bond donors (Lipinski definition) is 7. The van der Waals surface area contributed by atoms with Crippen molar-refractivity contribution in [2.24, 2.45) is 17.4 Å². The summed E-state index contributed by atoms with van der Waals surface area (Å²) in [4.78, 5) is 52.4. The number of aromatic nitrogens is 1. The molecule has 3 atom stereocenters. The molecule has 1 heterocycles. The van der Waals surface area contributed by atoms with Crippen molar-refractivity contribution in [3.8, 4) is 0 Å². The minimum Gasteiger partial charge on any atom is -0.480 e. The topological polar surface area (TPSA) is 192 Å². The monoisotopic (exact) mass is 502 g/mol. The number of unbranched alkanes of at least 4 members (excludes halogenated alkanes) is 1. The van der Waals surface area contributed by atoms with Gasteiger partial charge in [0, 0.05) is 17.1 Å². The standard InChI is InChI=1S/C25H38N6O5/c1-15(2)11-21(25(35)36)31-24(34)20(9-5-6-10-26)30-22(32)14-29-23(33)18(27)12-16-13-28-19-8-4-3-7-17(16)19/h3-4,7-8,13,15,18,20-21,28H,5-6,9-12,14,26-27H2,1-2H3,(H,29,33)(H,30,32)(H,31,34)(H,35,36). The average Bonchev–Trinajstić information content (AvgIpc) is 3.23. The molecule has 2 rings (SSSR count). The predicted molar refractivity (Wildman–Crippen MR) is 137 cm³/mol. The summed E-state index contributed by atoms with van der Waals surface area (Å²) in [6.45, 7) is 3.77. The van der Waals surface area contributed by atoms with E-state index in [1.165, 1.54) is 0 Å². The van der Waals surface area contributed by atoms with E-state index >= 15 is 0 Å². The van der Waals surface area contributed by atoms with Crippen molar-refractivity contribution in [3.05, 3.63) is 36.0 Å². The van der Waals surface area contributed by atoms with Crippen LogP contribution in [-0.2, 0) is 25.6 Å². The highest BCUT2D eigenvalue weighted by atomic mass is 16.4. The number of amides is 3. The molecule has 0 aliphatic heterocycles. The zero-order valence-electron chi connectivity index (χ0n) is 20.9. The van der Waals surface area contributed by atoms with Crippen LogP contribution in [0, 0.1) is 5.92 Å². The average molecular weight is 503 g/mol. The molecule has 11 heteroatoms. The molecular formula is C25H38N6O5. The number of carboxylic acid groups (broad SMARTS) is 1. The lowest BCUT2D eigenvalue weighted by molar-refractivity contribution is -0.142. The fraction of sp³-hybridized carbons (Fsp3) is 0.520. The maximum atomic E-state index is 12.8. The van der Waals surface area contributed by atoms with Gasteiger partial charge in [0.15, 0.2) is 0 Å². The summed E-state index contributed by atoms with van der Waals surface area (Å²) in [6.07, 6.45) is 3.85. The van der Waals surface area contributed by atoms with Crippen molar-refractivity contribution in [1.29, 1.82) is 0 Å². The molecule has 2 aromatic rings. The molecule has 9 N–H and O–H groups in total. The maximum absolute atomic E-state index is 12.8. The van der Waals surface area contributed by atoms with Gasteiger partial charge in [-0.2, -0.15) is 0 Å². The van der Waals surface area contributed by atoms with E-state index in [2.05, 4.69) is 20.9 Å². The minimum atomic E-state index is -1.14. The van der Waals surface area contributed by atoms with Gasteiger partial charge in [-0.1, -0.05) is 32.0 Å². The number of fused-ring (bicyclic) bond motifs is 1. The molecule has 0 radical (unpaired) electrons. The van der Waals surface area contributed by atoms with Crippen LogP contribution in [-0.4, -0.2) is 65.0 Å². The van der Waals surface area contributed by atoms with Gasteiger partial charge < -0.3 is 37.5 Å². The van der Waals surface area contributed by atoms with Gasteiger partial charge in [-0.25, -0.2) is 4.79 Å². The number of aliphatic carboxylic acids is 1. The normalized spacial score (nSPS) is 13.7. The summed E-state index contributed by atoms with van der Waals surface area (Å²) in [6, 6.07) is 4.79. The molecule has 198 valence electrons. The predicted octanol–water partition coefficient (Wildman–Crippen LogP) is 0.383. The van der Waals surface area contributed by atoms with Crippen LogP contribution < -0.4 is 27.4 Å². The Morgan fingerprint density at radius 1 is 1.03 bits per heavy atom. The molecule has 3 amide bonds. The number of para-hydroxylation sites is 1. The van der Waals surface area contributed by atoms with E-state index in [4.69, 9.17) is 11.5 Å². The number of carbonyl (C=O) groups is 4. The maximum Gasteiger partial charge on any atom is 0.326 e. The smallest absolute Gasteiger partial charge is 0.326 e. The van der Waals surface area contributed by atoms with E-state index in [1.54, 1.807) is 6.20 Å². The van der Waals surface area contributed by atoms with Gasteiger partial charge in [-0.3, -0.25) is 14.4 Å². The third-order valence-corrected chi connectivity index (χ3v) is 5.80. The minimum absolute atomic E-state index is 0.0559. The number of H-pyrrole nitrogens is 1. The molecule has 0 aliphatic carbocycles. The Morgan fingerprint density at radius 2 is 1.75 bits per heavy atom. The molecule has 0 saturated carbocycles. The first-order chi connectivity index (χ1) is 17.1. The highest BCUT2D eigenvalue weighted by Crippen LogP contribution is 2.18. The van der Waals surface area contributed by atoms with E-state index in [9.17, 15) is 24.3 Å². The van der Waals surface area contributed by atoms with Crippen LogP contribution in [0.3, 0.4) is 0 Å². The van der Waals surface area contributed by atoms with E-state index in [0.29, 0.717) is 19.4 Å². The summed E-state index contributed by atoms with van der Waals surface area (Å²) in [7, 11) is 0. The van der Waals surface area contributed by atoms with Crippen molar-refractivity contribution in [3.63, 3.8) is 0 Å². The van der Waals surface area contributed by atoms with Gasteiger partial charge in [-0.15, -0.1) is 0 Å². The van der Waals surface area contributed by atoms with Gasteiger partial charge in [0.25, 0.3) is 0 Å². The van der Waals surface area contributed by atoms with Crippen LogP contribution in [0.5, 0.6) is 0 Å². The number of benzene rings is 1. The SMILES string of the molecule is CC(C)CC(NC(=O)C(CCCCN)NC(=O)CNC(=O)C(N)Cc1c[nH]c2ccccc12)C(=O)O. The van der Waals surface area contributed by atoms with Crippen molar-refractivity contribution in [2.45, 2.75) is 64.1 Å². The third-order valence-electron chi connectivity index (χ3n) is 5.80. The summed E-state index contributed by atoms with van der Waals surface area (Å²) < 4.78 is 0. The molecule has 0 bridgehead atoms. The fourth-order valence-corrected chi connectivity index (χ4v) is 3.90. The molecule has 36 heavy (non-hydrogen) atoms. The number of carboxylic acids is 1. The van der Waals surface area contributed by atoms with E-state index in [0.717, 1.165) is 16.5 Å². The Bertz CT molecular complexity index is 1040. The van der Waals surface area contributed by atoms with Crippen molar-refractivity contribution in [2.75, 3.05) is 13.1 Å². The lowest BCUT2D eigenvalue weighted by Gasteiger charge is -2.22. The second-order valence-electron chi connectivity index (χ2n) is 9.32. The zero-order valence-corrected chi connectivity index (χ0v) is 20.9. The van der Waals surface area contributed by atoms with Gasteiger partial charge >= 0.3 is 5.97 Å². The number of carbonyl (C=O) groups excluding carboxylic acids is 3. The summed E-state index contributed by atoms with van der Waals surface area (Å²) in [5.41, 5.74) is 13.4. The molecule has 0 spiro atoms. The number of nitrogens with one attached hydrogen (secondary N) is 4. The van der Waals surface area contributed by atoms with E-state index in [1.807, 2.05) is 38.1 Å². The van der Waals surface area contributed by atoms with Gasteiger partial charge in [0.1, 0.15) is 12.1 Å². The fourth-order valence-electron chi connectivity index (χ4n) is 3.90. The zero-order chi connectivity index (χ0) is 26.7. The first kappa shape index (κ1) is 28.8. The molecule has 0 saturated heterocycles. The van der Waals surface area contributed by atoms with Crippen LogP contribution in [0.4, 0.5) is 0 Å². The number of nitrogens with two attached hydrogens (primary N) is 2. The van der Waals surface area contributed by atoms with Gasteiger partial charge in [0.05, 0.1) is 12.6 Å². The van der Waals surface area contributed by atoms with E-state index < -0.39 is 41.8 Å². The lowest BCUT2D eigenvalue weighted by Crippen LogP contribution is -2.54. The van der Waals surface area contributed by atoms with E-state index in [-0.39, 0.29) is 31.7 Å². The van der Waals surface area contributed by atoms with Gasteiger partial charge in [-0.05, 0) is 56.2 Å².